The number of alkyl halides is 3. The molecule has 2 unspecified atom stereocenters. The standard InChI is InChI=1S/C32H31F3N4O5/c1-31(2,3)44-30(41)39-27(16-21-18-37-25-11-6-5-10-23(21)25)28(17-36)38-26-13-12-20(15-24(26)29(40)42-4)19-8-7-9-22(14-19)43-32(33,34)35/h5-15,18,27-28,37-38H,16H2,1-4H3,(H,39,41). The van der Waals surface area contributed by atoms with Crippen LogP contribution >= 0.6 is 0 Å². The molecule has 0 saturated heterocycles. The Labute approximate surface area is 251 Å². The average Bonchev–Trinajstić information content (AvgIpc) is 3.36. The van der Waals surface area contributed by atoms with E-state index in [0.29, 0.717) is 11.1 Å². The highest BCUT2D eigenvalue weighted by atomic mass is 19.4. The zero-order chi connectivity index (χ0) is 32.1. The predicted octanol–water partition coefficient (Wildman–Crippen LogP) is 6.96. The summed E-state index contributed by atoms with van der Waals surface area (Å²) in [5.74, 6) is -1.17. The molecule has 2 atom stereocenters. The summed E-state index contributed by atoms with van der Waals surface area (Å²) in [6, 6.07) is 17.7. The Morgan fingerprint density at radius 2 is 1.73 bits per heavy atom. The number of carbonyl (C=O) groups is 2. The van der Waals surface area contributed by atoms with Gasteiger partial charge in [0.2, 0.25) is 0 Å². The van der Waals surface area contributed by atoms with Crippen LogP contribution in [0.25, 0.3) is 22.0 Å². The fourth-order valence-electron chi connectivity index (χ4n) is 4.64. The normalized spacial score (nSPS) is 13.0. The second-order valence-electron chi connectivity index (χ2n) is 10.9. The Hall–Kier alpha value is -5.18. The Bertz CT molecular complexity index is 1690. The lowest BCUT2D eigenvalue weighted by Gasteiger charge is -2.27. The summed E-state index contributed by atoms with van der Waals surface area (Å²) in [7, 11) is 1.18. The lowest BCUT2D eigenvalue weighted by atomic mass is 9.97. The number of aromatic nitrogens is 1. The fourth-order valence-corrected chi connectivity index (χ4v) is 4.64. The van der Waals surface area contributed by atoms with E-state index in [4.69, 9.17) is 9.47 Å². The van der Waals surface area contributed by atoms with Gasteiger partial charge >= 0.3 is 18.4 Å². The zero-order valence-electron chi connectivity index (χ0n) is 24.4. The summed E-state index contributed by atoms with van der Waals surface area (Å²) in [6.45, 7) is 5.16. The van der Waals surface area contributed by atoms with Crippen molar-refractivity contribution in [3.8, 4) is 22.9 Å². The molecule has 44 heavy (non-hydrogen) atoms. The largest absolute Gasteiger partial charge is 0.573 e. The molecule has 0 fully saturated rings. The maximum atomic E-state index is 12.8. The minimum absolute atomic E-state index is 0.0236. The molecule has 4 rings (SSSR count). The van der Waals surface area contributed by atoms with Gasteiger partial charge in [-0.25, -0.2) is 9.59 Å². The number of methoxy groups -OCH3 is 1. The van der Waals surface area contributed by atoms with Crippen LogP contribution in [0.1, 0.15) is 36.7 Å². The molecule has 3 aromatic carbocycles. The maximum absolute atomic E-state index is 12.8. The first-order valence-electron chi connectivity index (χ1n) is 13.6. The molecule has 0 bridgehead atoms. The van der Waals surface area contributed by atoms with E-state index in [-0.39, 0.29) is 17.7 Å². The topological polar surface area (TPSA) is 125 Å². The van der Waals surface area contributed by atoms with Crippen molar-refractivity contribution >= 4 is 28.7 Å². The molecule has 0 aliphatic rings. The minimum Gasteiger partial charge on any atom is -0.465 e. The number of benzene rings is 3. The third-order valence-corrected chi connectivity index (χ3v) is 6.50. The van der Waals surface area contributed by atoms with Gasteiger partial charge in [-0.2, -0.15) is 5.26 Å². The average molecular weight is 609 g/mol. The van der Waals surface area contributed by atoms with Gasteiger partial charge in [0.15, 0.2) is 0 Å². The molecular weight excluding hydrogens is 577 g/mol. The van der Waals surface area contributed by atoms with Crippen LogP contribution < -0.4 is 15.4 Å². The molecule has 0 saturated carbocycles. The Morgan fingerprint density at radius 3 is 2.41 bits per heavy atom. The van der Waals surface area contributed by atoms with E-state index in [9.17, 15) is 28.0 Å². The third kappa shape index (κ3) is 8.22. The van der Waals surface area contributed by atoms with Gasteiger partial charge in [0, 0.05) is 22.8 Å². The quantitative estimate of drug-likeness (QED) is 0.175. The monoisotopic (exact) mass is 608 g/mol. The number of hydrogen-bond donors (Lipinski definition) is 3. The predicted molar refractivity (Wildman–Crippen MR) is 158 cm³/mol. The first-order valence-corrected chi connectivity index (χ1v) is 13.6. The number of esters is 1. The highest BCUT2D eigenvalue weighted by Gasteiger charge is 2.31. The molecule has 1 aromatic heterocycles. The Balaban J connectivity index is 1.68. The number of carbonyl (C=O) groups excluding carboxylic acids is 2. The van der Waals surface area contributed by atoms with Crippen LogP contribution in [0.2, 0.25) is 0 Å². The van der Waals surface area contributed by atoms with Crippen LogP contribution in [0.3, 0.4) is 0 Å². The lowest BCUT2D eigenvalue weighted by Crippen LogP contribution is -2.49. The molecule has 0 spiro atoms. The zero-order valence-corrected chi connectivity index (χ0v) is 24.4. The second kappa shape index (κ2) is 13.0. The molecule has 4 aromatic rings. The van der Waals surface area contributed by atoms with Gasteiger partial charge in [-0.3, -0.25) is 0 Å². The highest BCUT2D eigenvalue weighted by molar-refractivity contribution is 5.97. The van der Waals surface area contributed by atoms with E-state index >= 15 is 0 Å². The molecular formula is C32H31F3N4O5. The number of nitriles is 1. The fraction of sp³-hybridized carbons (Fsp3) is 0.281. The molecule has 3 N–H and O–H groups in total. The number of anilines is 1. The Morgan fingerprint density at radius 1 is 1.00 bits per heavy atom. The number of amides is 1. The minimum atomic E-state index is -4.87. The number of ether oxygens (including phenoxy) is 3. The van der Waals surface area contributed by atoms with E-state index in [1.165, 1.54) is 31.4 Å². The van der Waals surface area contributed by atoms with Crippen LogP contribution in [0.4, 0.5) is 23.7 Å². The smallest absolute Gasteiger partial charge is 0.465 e. The van der Waals surface area contributed by atoms with Crippen molar-refractivity contribution < 1.29 is 37.0 Å². The first-order chi connectivity index (χ1) is 20.8. The van der Waals surface area contributed by atoms with Gasteiger partial charge in [-0.05, 0) is 74.2 Å². The molecule has 0 aliphatic heterocycles. The van der Waals surface area contributed by atoms with E-state index in [0.717, 1.165) is 22.5 Å². The molecule has 230 valence electrons. The van der Waals surface area contributed by atoms with E-state index in [1.807, 2.05) is 24.3 Å². The van der Waals surface area contributed by atoms with Crippen LogP contribution in [0.5, 0.6) is 5.75 Å². The van der Waals surface area contributed by atoms with Crippen LogP contribution in [0, 0.1) is 11.3 Å². The summed E-state index contributed by atoms with van der Waals surface area (Å²) in [5, 5.41) is 17.0. The number of nitrogens with zero attached hydrogens (tertiary/aromatic N) is 1. The lowest BCUT2D eigenvalue weighted by molar-refractivity contribution is -0.274. The molecule has 1 heterocycles. The maximum Gasteiger partial charge on any atom is 0.573 e. The number of para-hydroxylation sites is 1. The highest BCUT2D eigenvalue weighted by Crippen LogP contribution is 2.31. The van der Waals surface area contributed by atoms with E-state index in [2.05, 4.69) is 26.4 Å². The van der Waals surface area contributed by atoms with Crippen LogP contribution in [-0.4, -0.2) is 48.2 Å². The number of aromatic amines is 1. The number of nitrogens with one attached hydrogen (secondary N) is 3. The van der Waals surface area contributed by atoms with E-state index in [1.54, 1.807) is 39.1 Å². The van der Waals surface area contributed by atoms with Gasteiger partial charge in [-0.15, -0.1) is 13.2 Å². The van der Waals surface area contributed by atoms with Gasteiger partial charge in [-0.1, -0.05) is 36.4 Å². The van der Waals surface area contributed by atoms with E-state index < -0.39 is 41.9 Å². The SMILES string of the molecule is COC(=O)c1cc(-c2cccc(OC(F)(F)F)c2)ccc1NC(C#N)C(Cc1c[nH]c2ccccc12)NC(=O)OC(C)(C)C. The summed E-state index contributed by atoms with van der Waals surface area (Å²) in [4.78, 5) is 28.9. The third-order valence-electron chi connectivity index (χ3n) is 6.50. The second-order valence-corrected chi connectivity index (χ2v) is 10.9. The number of fused-ring (bicyclic) bond motifs is 1. The number of alkyl carbamates (subject to hydrolysis) is 1. The summed E-state index contributed by atoms with van der Waals surface area (Å²) in [6.07, 6.45) is -3.57. The summed E-state index contributed by atoms with van der Waals surface area (Å²) < 4.78 is 52.7. The van der Waals surface area contributed by atoms with Crippen molar-refractivity contribution in [3.05, 3.63) is 84.1 Å². The molecule has 9 nitrogen and oxygen atoms in total. The van der Waals surface area contributed by atoms with Gasteiger partial charge in [0.25, 0.3) is 0 Å². The first kappa shape index (κ1) is 31.7. The number of hydrogen-bond acceptors (Lipinski definition) is 7. The number of rotatable bonds is 9. The van der Waals surface area contributed by atoms with Gasteiger partial charge < -0.3 is 29.8 Å². The molecule has 1 amide bonds. The van der Waals surface area contributed by atoms with Crippen molar-refractivity contribution in [3.63, 3.8) is 0 Å². The van der Waals surface area contributed by atoms with Crippen LogP contribution in [-0.2, 0) is 15.9 Å². The summed E-state index contributed by atoms with van der Waals surface area (Å²) in [5.41, 5.74) is 1.92. The van der Waals surface area contributed by atoms with Crippen LogP contribution in [0.15, 0.2) is 72.9 Å². The van der Waals surface area contributed by atoms with Crippen molar-refractivity contribution in [1.29, 1.82) is 5.26 Å². The number of H-pyrrole nitrogens is 1. The van der Waals surface area contributed by atoms with Crippen molar-refractivity contribution in [2.75, 3.05) is 12.4 Å². The number of halogens is 3. The summed E-state index contributed by atoms with van der Waals surface area (Å²) >= 11 is 0. The molecule has 0 aliphatic carbocycles. The van der Waals surface area contributed by atoms with Gasteiger partial charge in [0.05, 0.1) is 24.8 Å². The van der Waals surface area contributed by atoms with Crippen molar-refractivity contribution in [1.82, 2.24) is 10.3 Å². The van der Waals surface area contributed by atoms with Crippen molar-refractivity contribution in [2.24, 2.45) is 0 Å². The van der Waals surface area contributed by atoms with Gasteiger partial charge in [0.1, 0.15) is 17.4 Å². The van der Waals surface area contributed by atoms with Crippen molar-refractivity contribution in [2.45, 2.75) is 51.2 Å². The molecule has 12 heteroatoms. The Kier molecular flexibility index (Phi) is 9.37. The molecule has 0 radical (unpaired) electrons.